The molecule has 0 aliphatic rings. The molecule has 0 aromatic heterocycles. The number of carbonyl (C=O) groups excluding carboxylic acids is 2. The Labute approximate surface area is 494 Å². The summed E-state index contributed by atoms with van der Waals surface area (Å²) in [6, 6.07) is -0.632. The Morgan fingerprint density at radius 1 is 0.354 bits per heavy atom. The van der Waals surface area contributed by atoms with Crippen LogP contribution in [0.15, 0.2) is 36.5 Å². The molecule has 1 amide bonds. The average Bonchev–Trinajstić information content (AvgIpc) is 3.45. The summed E-state index contributed by atoms with van der Waals surface area (Å²) in [4.78, 5) is 24.6. The van der Waals surface area contributed by atoms with Crippen molar-refractivity contribution >= 4 is 11.9 Å². The van der Waals surface area contributed by atoms with Gasteiger partial charge in [-0.2, -0.15) is 0 Å². The normalized spacial score (nSPS) is 12.7. The fourth-order valence-corrected chi connectivity index (χ4v) is 11.2. The lowest BCUT2D eigenvalue weighted by atomic mass is 10.0. The molecule has 0 saturated heterocycles. The molecule has 6 heteroatoms. The molecule has 0 aromatic rings. The molecule has 0 heterocycles. The third-order valence-corrected chi connectivity index (χ3v) is 16.7. The van der Waals surface area contributed by atoms with E-state index in [-0.39, 0.29) is 18.5 Å². The molecule has 466 valence electrons. The summed E-state index contributed by atoms with van der Waals surface area (Å²) < 4.78 is 5.49. The van der Waals surface area contributed by atoms with Crippen LogP contribution in [0.5, 0.6) is 0 Å². The van der Waals surface area contributed by atoms with Crippen molar-refractivity contribution < 1.29 is 24.5 Å². The number of esters is 1. The van der Waals surface area contributed by atoms with Gasteiger partial charge < -0.3 is 20.3 Å². The van der Waals surface area contributed by atoms with Gasteiger partial charge in [0.25, 0.3) is 0 Å². The monoisotopic (exact) mass is 1110 g/mol. The zero-order valence-corrected chi connectivity index (χ0v) is 53.4. The summed E-state index contributed by atoms with van der Waals surface area (Å²) in [6.07, 6.45) is 87.9. The van der Waals surface area contributed by atoms with Gasteiger partial charge in [0.1, 0.15) is 0 Å². The minimum Gasteiger partial charge on any atom is -0.466 e. The van der Waals surface area contributed by atoms with Gasteiger partial charge in [-0.1, -0.05) is 352 Å². The van der Waals surface area contributed by atoms with Crippen molar-refractivity contribution in [3.05, 3.63) is 36.5 Å². The fourth-order valence-electron chi connectivity index (χ4n) is 11.2. The van der Waals surface area contributed by atoms with Crippen LogP contribution in [-0.2, 0) is 14.3 Å². The van der Waals surface area contributed by atoms with Gasteiger partial charge in [-0.05, 0) is 64.2 Å². The van der Waals surface area contributed by atoms with Crippen LogP contribution in [-0.4, -0.2) is 47.4 Å². The molecule has 0 spiro atoms. The minimum absolute atomic E-state index is 0.0130. The standard InChI is InChI=1S/C73H139NO5/c1-3-5-7-9-11-13-15-17-19-20-21-29-32-35-38-41-45-49-53-57-61-65-71(76)70(69-75)74-72(77)66-62-58-54-50-46-42-39-36-33-30-27-25-23-22-24-26-28-31-34-37-40-44-48-52-56-60-64-68-79-73(78)67-63-59-55-51-47-43-18-16-14-12-10-8-6-4-2/h22-23,26,28,61,65,70-71,75-76H,3-21,24-25,27,29-60,62-64,66-69H2,1-2H3,(H,74,77)/b23-22-,28-26-,65-61+. The van der Waals surface area contributed by atoms with Gasteiger partial charge >= 0.3 is 5.97 Å². The quantitative estimate of drug-likeness (QED) is 0.0320. The first-order valence-electron chi connectivity index (χ1n) is 35.8. The summed E-state index contributed by atoms with van der Waals surface area (Å²) in [7, 11) is 0. The number of aliphatic hydroxyl groups is 2. The van der Waals surface area contributed by atoms with Crippen molar-refractivity contribution in [2.45, 2.75) is 405 Å². The maximum Gasteiger partial charge on any atom is 0.305 e. The molecule has 3 N–H and O–H groups in total. The molecule has 0 bridgehead atoms. The van der Waals surface area contributed by atoms with Crippen LogP contribution in [0.25, 0.3) is 0 Å². The van der Waals surface area contributed by atoms with Gasteiger partial charge in [-0.3, -0.25) is 9.59 Å². The highest BCUT2D eigenvalue weighted by Gasteiger charge is 2.18. The summed E-state index contributed by atoms with van der Waals surface area (Å²) in [5.41, 5.74) is 0. The van der Waals surface area contributed by atoms with E-state index < -0.39 is 12.1 Å². The second kappa shape index (κ2) is 68.6. The van der Waals surface area contributed by atoms with E-state index in [9.17, 15) is 19.8 Å². The Balaban J connectivity index is 3.44. The van der Waals surface area contributed by atoms with E-state index in [4.69, 9.17) is 4.74 Å². The van der Waals surface area contributed by atoms with Gasteiger partial charge in [0.15, 0.2) is 0 Å². The second-order valence-corrected chi connectivity index (χ2v) is 24.6. The second-order valence-electron chi connectivity index (χ2n) is 24.6. The molecule has 2 unspecified atom stereocenters. The maximum absolute atomic E-state index is 12.5. The molecule has 0 saturated carbocycles. The van der Waals surface area contributed by atoms with Crippen LogP contribution in [0.1, 0.15) is 393 Å². The van der Waals surface area contributed by atoms with E-state index in [0.29, 0.717) is 19.4 Å². The number of hydrogen-bond donors (Lipinski definition) is 3. The number of hydrogen-bond acceptors (Lipinski definition) is 5. The lowest BCUT2D eigenvalue weighted by molar-refractivity contribution is -0.143. The van der Waals surface area contributed by atoms with Crippen LogP contribution in [0.4, 0.5) is 0 Å². The first-order chi connectivity index (χ1) is 39.0. The Hall–Kier alpha value is -1.92. The first kappa shape index (κ1) is 77.1. The van der Waals surface area contributed by atoms with Gasteiger partial charge in [0.05, 0.1) is 25.4 Å². The summed E-state index contributed by atoms with van der Waals surface area (Å²) in [5, 5.41) is 23.2. The van der Waals surface area contributed by atoms with Crippen LogP contribution in [0, 0.1) is 0 Å². The number of nitrogens with one attached hydrogen (secondary N) is 1. The topological polar surface area (TPSA) is 95.9 Å². The van der Waals surface area contributed by atoms with E-state index >= 15 is 0 Å². The number of allylic oxidation sites excluding steroid dienone is 5. The van der Waals surface area contributed by atoms with E-state index in [0.717, 1.165) is 44.9 Å². The Morgan fingerprint density at radius 2 is 0.633 bits per heavy atom. The van der Waals surface area contributed by atoms with Crippen molar-refractivity contribution in [1.82, 2.24) is 5.32 Å². The molecule has 6 nitrogen and oxygen atoms in total. The third kappa shape index (κ3) is 65.1. The summed E-state index contributed by atoms with van der Waals surface area (Å²) >= 11 is 0. The fraction of sp³-hybridized carbons (Fsp3) is 0.890. The van der Waals surface area contributed by atoms with E-state index in [2.05, 4.69) is 43.5 Å². The largest absolute Gasteiger partial charge is 0.466 e. The van der Waals surface area contributed by atoms with Crippen LogP contribution in [0.3, 0.4) is 0 Å². The molecule has 0 aliphatic heterocycles. The predicted octanol–water partition coefficient (Wildman–Crippen LogP) is 23.1. The molecule has 0 fully saturated rings. The molecule has 0 aromatic carbocycles. The zero-order chi connectivity index (χ0) is 57.1. The number of ether oxygens (including phenoxy) is 1. The average molecular weight is 1110 g/mol. The van der Waals surface area contributed by atoms with Crippen molar-refractivity contribution in [3.8, 4) is 0 Å². The van der Waals surface area contributed by atoms with Crippen LogP contribution < -0.4 is 5.32 Å². The highest BCUT2D eigenvalue weighted by Crippen LogP contribution is 2.18. The summed E-state index contributed by atoms with van der Waals surface area (Å²) in [5.74, 6) is -0.0545. The summed E-state index contributed by atoms with van der Waals surface area (Å²) in [6.45, 7) is 4.94. The number of amides is 1. The van der Waals surface area contributed by atoms with Crippen molar-refractivity contribution in [2.75, 3.05) is 13.2 Å². The Morgan fingerprint density at radius 3 is 0.962 bits per heavy atom. The molecule has 79 heavy (non-hydrogen) atoms. The highest BCUT2D eigenvalue weighted by atomic mass is 16.5. The van der Waals surface area contributed by atoms with Crippen molar-refractivity contribution in [2.24, 2.45) is 0 Å². The molecular weight excluding hydrogens is 971 g/mol. The SMILES string of the molecule is CCCCCCCCCCCCCCCCCCCCC/C=C/C(O)C(CO)NC(=O)CCCCCCCCCCCCC/C=C\C/C=C\CCCCCCCCCCCOC(=O)CCCCCCCCCCCCCCCC. The third-order valence-electron chi connectivity index (χ3n) is 16.7. The van der Waals surface area contributed by atoms with Crippen LogP contribution in [0.2, 0.25) is 0 Å². The Bertz CT molecular complexity index is 1280. The van der Waals surface area contributed by atoms with Gasteiger partial charge in [0.2, 0.25) is 5.91 Å². The minimum atomic E-state index is -0.848. The van der Waals surface area contributed by atoms with E-state index in [1.165, 1.54) is 321 Å². The maximum atomic E-state index is 12.5. The lowest BCUT2D eigenvalue weighted by Crippen LogP contribution is -2.45. The number of carbonyl (C=O) groups is 2. The van der Waals surface area contributed by atoms with E-state index in [1.807, 2.05) is 6.08 Å². The Kier molecular flexibility index (Phi) is 66.9. The smallest absolute Gasteiger partial charge is 0.305 e. The van der Waals surface area contributed by atoms with Gasteiger partial charge in [-0.15, -0.1) is 0 Å². The first-order valence-corrected chi connectivity index (χ1v) is 35.8. The number of aliphatic hydroxyl groups excluding tert-OH is 2. The zero-order valence-electron chi connectivity index (χ0n) is 53.4. The van der Waals surface area contributed by atoms with Gasteiger partial charge in [0, 0.05) is 12.8 Å². The lowest BCUT2D eigenvalue weighted by Gasteiger charge is -2.20. The molecular formula is C73H139NO5. The van der Waals surface area contributed by atoms with Gasteiger partial charge in [-0.25, -0.2) is 0 Å². The number of unbranched alkanes of at least 4 members (excludes halogenated alkanes) is 52. The van der Waals surface area contributed by atoms with Crippen molar-refractivity contribution in [1.29, 1.82) is 0 Å². The number of rotatable bonds is 67. The molecule has 0 aliphatic carbocycles. The van der Waals surface area contributed by atoms with Crippen molar-refractivity contribution in [3.63, 3.8) is 0 Å². The molecule has 0 rings (SSSR count). The van der Waals surface area contributed by atoms with E-state index in [1.54, 1.807) is 6.08 Å². The molecule has 2 atom stereocenters. The predicted molar refractivity (Wildman–Crippen MR) is 347 cm³/mol. The molecule has 0 radical (unpaired) electrons. The highest BCUT2D eigenvalue weighted by molar-refractivity contribution is 5.76. The van der Waals surface area contributed by atoms with Crippen LogP contribution >= 0.6 is 0 Å².